The molecule has 0 aromatic heterocycles. The van der Waals surface area contributed by atoms with Crippen LogP contribution in [0.3, 0.4) is 0 Å². The number of quaternary nitrogens is 1. The zero-order chi connectivity index (χ0) is 34.5. The van der Waals surface area contributed by atoms with E-state index in [1.54, 1.807) is 0 Å². The number of carboxylic acid groups (broad SMARTS) is 3. The fraction of sp³-hybridized carbons (Fsp3) is 0.872. The summed E-state index contributed by atoms with van der Waals surface area (Å²) in [5.74, 6) is -4.75. The van der Waals surface area contributed by atoms with Crippen LogP contribution in [0.2, 0.25) is 0 Å². The zero-order valence-electron chi connectivity index (χ0n) is 30.5. The fourth-order valence-electron chi connectivity index (χ4n) is 6.68. The zero-order valence-corrected chi connectivity index (χ0v) is 30.5. The quantitative estimate of drug-likeness (QED) is 0.0471. The molecule has 3 N–H and O–H groups in total. The Morgan fingerprint density at radius 3 is 0.957 bits per heavy atom. The Kier molecular flexibility index (Phi) is 28.1. The monoisotopic (exact) mass is 653 g/mol. The van der Waals surface area contributed by atoms with Gasteiger partial charge in [-0.2, -0.15) is 0 Å². The molecule has 0 rings (SSSR count). The molecule has 0 heterocycles. The first-order valence-corrected chi connectivity index (χ1v) is 19.4. The van der Waals surface area contributed by atoms with Crippen LogP contribution in [0.25, 0.3) is 0 Å². The highest BCUT2D eigenvalue weighted by Gasteiger charge is 2.39. The molecule has 0 bridgehead atoms. The Hall–Kier alpha value is -1.89. The van der Waals surface area contributed by atoms with E-state index in [1.807, 2.05) is 33.0 Å². The summed E-state index contributed by atoms with van der Waals surface area (Å²) in [7, 11) is 0. The smallest absolute Gasteiger partial charge is 0.312 e. The van der Waals surface area contributed by atoms with Crippen LogP contribution in [0.5, 0.6) is 0 Å². The van der Waals surface area contributed by atoms with E-state index in [4.69, 9.17) is 0 Å². The first kappa shape index (κ1) is 44.1. The fourth-order valence-corrected chi connectivity index (χ4v) is 6.68. The lowest BCUT2D eigenvalue weighted by molar-refractivity contribution is -0.887. The molecule has 7 heteroatoms. The van der Waals surface area contributed by atoms with Gasteiger partial charge in [0.25, 0.3) is 0 Å². The van der Waals surface area contributed by atoms with Crippen LogP contribution < -0.4 is 0 Å². The van der Waals surface area contributed by atoms with Crippen molar-refractivity contribution >= 4 is 17.9 Å². The van der Waals surface area contributed by atoms with Crippen molar-refractivity contribution in [3.63, 3.8) is 0 Å². The minimum atomic E-state index is -0.917. The molecule has 3 unspecified atom stereocenters. The predicted octanol–water partition coefficient (Wildman–Crippen LogP) is 10.9. The van der Waals surface area contributed by atoms with Gasteiger partial charge < -0.3 is 15.3 Å². The summed E-state index contributed by atoms with van der Waals surface area (Å²) in [4.78, 5) is 36.0. The van der Waals surface area contributed by atoms with Gasteiger partial charge >= 0.3 is 17.9 Å². The number of carboxylic acids is 3. The molecule has 0 spiro atoms. The maximum Gasteiger partial charge on any atom is 0.312 e. The molecule has 0 fully saturated rings. The SMILES string of the molecule is CCCCCCCCCCCCCCCCCCCCCC/C=C/[N+](CC(CC)C(=O)O)(CC(CC)C(=O)O)CC(CC)C(=O)O. The number of allylic oxidation sites excluding steroid dienone is 1. The third-order valence-electron chi connectivity index (χ3n) is 9.92. The van der Waals surface area contributed by atoms with Gasteiger partial charge in [0.05, 0.1) is 25.8 Å². The molecule has 0 aliphatic carbocycles. The van der Waals surface area contributed by atoms with E-state index in [-0.39, 0.29) is 24.1 Å². The standard InChI is InChI=1S/C39H73NO6/c1-5-9-10-11-12-13-14-15-16-17-18-19-20-21-22-23-24-25-26-27-28-29-30-40(31-34(6-2)37(41)42,32-35(7-3)38(43)44)33-36(8-4)39(45)46/h29-30,34-36H,5-28,31-33H2,1-4H3,(H2-,41,42,43,44,45,46)/p+1/b30-29+. The normalized spacial score (nSPS) is 15.0. The van der Waals surface area contributed by atoms with Crippen LogP contribution in [-0.4, -0.2) is 57.3 Å². The van der Waals surface area contributed by atoms with E-state index < -0.39 is 35.7 Å². The molecule has 270 valence electrons. The summed E-state index contributed by atoms with van der Waals surface area (Å²) in [6.07, 6.45) is 32.9. The molecule has 0 aromatic rings. The van der Waals surface area contributed by atoms with Crippen LogP contribution in [0.1, 0.15) is 182 Å². The van der Waals surface area contributed by atoms with E-state index in [0.29, 0.717) is 19.3 Å². The Balaban J connectivity index is 4.49. The summed E-state index contributed by atoms with van der Waals surface area (Å²) in [5.41, 5.74) is 0. The largest absolute Gasteiger partial charge is 0.481 e. The van der Waals surface area contributed by atoms with Gasteiger partial charge in [-0.05, 0) is 38.2 Å². The summed E-state index contributed by atoms with van der Waals surface area (Å²) in [6, 6.07) is 0. The van der Waals surface area contributed by atoms with E-state index in [2.05, 4.69) is 6.92 Å². The highest BCUT2D eigenvalue weighted by molar-refractivity contribution is 5.71. The van der Waals surface area contributed by atoms with Gasteiger partial charge in [0.15, 0.2) is 0 Å². The van der Waals surface area contributed by atoms with Gasteiger partial charge in [-0.1, -0.05) is 150 Å². The summed E-state index contributed by atoms with van der Waals surface area (Å²) in [6.45, 7) is 8.34. The van der Waals surface area contributed by atoms with Crippen LogP contribution >= 0.6 is 0 Å². The first-order valence-electron chi connectivity index (χ1n) is 19.4. The average molecular weight is 653 g/mol. The van der Waals surface area contributed by atoms with Crippen molar-refractivity contribution in [3.05, 3.63) is 12.3 Å². The van der Waals surface area contributed by atoms with Crippen LogP contribution in [0.4, 0.5) is 0 Å². The Labute approximate surface area is 283 Å². The van der Waals surface area contributed by atoms with Gasteiger partial charge in [-0.3, -0.25) is 18.9 Å². The second-order valence-corrected chi connectivity index (χ2v) is 14.0. The Bertz CT molecular complexity index is 738. The van der Waals surface area contributed by atoms with E-state index >= 15 is 0 Å². The third kappa shape index (κ3) is 22.6. The van der Waals surface area contributed by atoms with Gasteiger partial charge in [0, 0.05) is 0 Å². The number of carbonyl (C=O) groups is 3. The van der Waals surface area contributed by atoms with Gasteiger partial charge in [-0.15, -0.1) is 0 Å². The van der Waals surface area contributed by atoms with Crippen molar-refractivity contribution in [2.75, 3.05) is 19.6 Å². The second kappa shape index (κ2) is 29.3. The van der Waals surface area contributed by atoms with Crippen molar-refractivity contribution in [2.24, 2.45) is 17.8 Å². The minimum Gasteiger partial charge on any atom is -0.481 e. The minimum absolute atomic E-state index is 0.0830. The van der Waals surface area contributed by atoms with Crippen molar-refractivity contribution in [2.45, 2.75) is 182 Å². The number of nitrogens with zero attached hydrogens (tertiary/aromatic N) is 1. The van der Waals surface area contributed by atoms with Crippen molar-refractivity contribution in [3.8, 4) is 0 Å². The molecule has 3 atom stereocenters. The van der Waals surface area contributed by atoms with Gasteiger partial charge in [0.1, 0.15) is 17.8 Å². The highest BCUT2D eigenvalue weighted by atomic mass is 16.4. The maximum absolute atomic E-state index is 12.0. The van der Waals surface area contributed by atoms with Crippen LogP contribution in [-0.2, 0) is 14.4 Å². The van der Waals surface area contributed by atoms with Crippen LogP contribution in [0, 0.1) is 17.8 Å². The summed E-state index contributed by atoms with van der Waals surface area (Å²) in [5, 5.41) is 29.5. The summed E-state index contributed by atoms with van der Waals surface area (Å²) < 4.78 is 0.0830. The van der Waals surface area contributed by atoms with Crippen molar-refractivity contribution in [1.29, 1.82) is 0 Å². The molecule has 0 amide bonds. The number of hydrogen-bond donors (Lipinski definition) is 3. The molecule has 7 nitrogen and oxygen atoms in total. The average Bonchev–Trinajstić information content (AvgIpc) is 3.03. The topological polar surface area (TPSA) is 112 Å². The molecule has 0 saturated heterocycles. The first-order chi connectivity index (χ1) is 22.2. The van der Waals surface area contributed by atoms with Gasteiger partial charge in [-0.25, -0.2) is 0 Å². The molecular weight excluding hydrogens is 578 g/mol. The lowest BCUT2D eigenvalue weighted by Crippen LogP contribution is -2.54. The lowest BCUT2D eigenvalue weighted by Gasteiger charge is -2.40. The third-order valence-corrected chi connectivity index (χ3v) is 9.92. The van der Waals surface area contributed by atoms with E-state index in [9.17, 15) is 29.7 Å². The maximum atomic E-state index is 12.0. The second-order valence-electron chi connectivity index (χ2n) is 14.0. The number of rotatable bonds is 34. The Morgan fingerprint density at radius 1 is 0.457 bits per heavy atom. The highest BCUT2D eigenvalue weighted by Crippen LogP contribution is 2.25. The van der Waals surface area contributed by atoms with Gasteiger partial charge in [0.2, 0.25) is 0 Å². The lowest BCUT2D eigenvalue weighted by atomic mass is 9.96. The molecule has 46 heavy (non-hydrogen) atoms. The van der Waals surface area contributed by atoms with Crippen molar-refractivity contribution in [1.82, 2.24) is 0 Å². The molecule has 0 aliphatic heterocycles. The number of aliphatic carboxylic acids is 3. The summed E-state index contributed by atoms with van der Waals surface area (Å²) >= 11 is 0. The number of hydrogen-bond acceptors (Lipinski definition) is 3. The van der Waals surface area contributed by atoms with Crippen molar-refractivity contribution < 1.29 is 34.2 Å². The van der Waals surface area contributed by atoms with E-state index in [1.165, 1.54) is 116 Å². The Morgan fingerprint density at radius 2 is 0.717 bits per heavy atom. The molecular formula is C39H74NO6+. The molecule has 0 radical (unpaired) electrons. The van der Waals surface area contributed by atoms with E-state index in [0.717, 1.165) is 19.3 Å². The molecule has 0 aliphatic rings. The predicted molar refractivity (Wildman–Crippen MR) is 191 cm³/mol. The molecule has 0 aromatic carbocycles. The number of unbranched alkanes of at least 4 members (excludes halogenated alkanes) is 20. The molecule has 0 saturated carbocycles. The van der Waals surface area contributed by atoms with Crippen LogP contribution in [0.15, 0.2) is 12.3 Å².